The molecule has 0 aliphatic carbocycles. The lowest BCUT2D eigenvalue weighted by Gasteiger charge is -2.33. The van der Waals surface area contributed by atoms with Gasteiger partial charge in [-0.3, -0.25) is 4.55 Å². The maximum atomic E-state index is 11.4. The Balaban J connectivity index is 1.48. The summed E-state index contributed by atoms with van der Waals surface area (Å²) in [6.45, 7) is 0.714. The smallest absolute Gasteiger partial charge is 0.264 e. The van der Waals surface area contributed by atoms with Crippen molar-refractivity contribution in [1.82, 2.24) is 9.55 Å². The van der Waals surface area contributed by atoms with Gasteiger partial charge in [0.1, 0.15) is 0 Å². The minimum absolute atomic E-state index is 0.210. The molecule has 1 N–H and O–H groups in total. The normalized spacial score (nSPS) is 17.6. The van der Waals surface area contributed by atoms with Crippen molar-refractivity contribution in [1.29, 1.82) is 0 Å². The summed E-state index contributed by atoms with van der Waals surface area (Å²) >= 11 is 1.79. The van der Waals surface area contributed by atoms with E-state index in [9.17, 15) is 13.0 Å². The van der Waals surface area contributed by atoms with Crippen molar-refractivity contribution in [2.75, 3.05) is 16.8 Å². The molecule has 3 heterocycles. The van der Waals surface area contributed by atoms with Crippen molar-refractivity contribution in [3.8, 4) is 0 Å². The highest BCUT2D eigenvalue weighted by molar-refractivity contribution is 8.23. The van der Waals surface area contributed by atoms with E-state index in [1.807, 2.05) is 30.1 Å². The maximum absolute atomic E-state index is 11.4. The van der Waals surface area contributed by atoms with Crippen LogP contribution in [0, 0.1) is 0 Å². The maximum Gasteiger partial charge on any atom is 0.264 e. The van der Waals surface area contributed by atoms with Crippen molar-refractivity contribution in [3.63, 3.8) is 0 Å². The second-order valence-corrected chi connectivity index (χ2v) is 15.5. The van der Waals surface area contributed by atoms with E-state index in [4.69, 9.17) is 4.98 Å². The highest BCUT2D eigenvalue weighted by Gasteiger charge is 2.27. The highest BCUT2D eigenvalue weighted by Crippen LogP contribution is 2.46. The molecule has 0 spiro atoms. The molecule has 1 aromatic heterocycles. The molecule has 4 aromatic rings. The monoisotopic (exact) mass is 587 g/mol. The molecule has 1 atom stereocenters. The number of para-hydroxylation sites is 1. The summed E-state index contributed by atoms with van der Waals surface area (Å²) in [4.78, 5) is 8.29. The van der Waals surface area contributed by atoms with Gasteiger partial charge in [0.05, 0.1) is 11.4 Å². The minimum Gasteiger partial charge on any atom is -0.333 e. The van der Waals surface area contributed by atoms with Crippen LogP contribution in [0.1, 0.15) is 23.4 Å². The first kappa shape index (κ1) is 26.9. The fraction of sp³-hybridized carbons (Fsp3) is 0.161. The molecule has 2 aliphatic rings. The summed E-state index contributed by atoms with van der Waals surface area (Å²) < 4.78 is 35.6. The highest BCUT2D eigenvalue weighted by atomic mass is 32.2. The molecule has 1 unspecified atom stereocenters. The standard InChI is InChI=1S/C31H30N3O3PS2/c1-33-17-16-32-31(33)27-20-24(25-12-5-6-13-26(25)34(27)22-23-10-3-2-4-11-23)21-30-38(18-9-19-40(35,36)37)28-14-7-8-15-29(28)39-30/h2-8,10-17,20-21,38H,9,18-19,22H2,1H3,(H,35,36,37)/b24-21+. The van der Waals surface area contributed by atoms with Crippen LogP contribution in [0.2, 0.25) is 0 Å². The Labute approximate surface area is 240 Å². The lowest BCUT2D eigenvalue weighted by Crippen LogP contribution is -2.26. The third kappa shape index (κ3) is 5.63. The second kappa shape index (κ2) is 11.3. The van der Waals surface area contributed by atoms with Crippen LogP contribution in [0.4, 0.5) is 5.69 Å². The predicted molar refractivity (Wildman–Crippen MR) is 169 cm³/mol. The lowest BCUT2D eigenvalue weighted by atomic mass is 9.96. The van der Waals surface area contributed by atoms with Crippen LogP contribution in [-0.2, 0) is 23.7 Å². The van der Waals surface area contributed by atoms with Gasteiger partial charge < -0.3 is 9.47 Å². The number of anilines is 1. The Hall–Kier alpha value is -3.29. The summed E-state index contributed by atoms with van der Waals surface area (Å²) in [5, 5.41) is 1.31. The Morgan fingerprint density at radius 2 is 1.75 bits per heavy atom. The van der Waals surface area contributed by atoms with Crippen LogP contribution in [0.3, 0.4) is 0 Å². The third-order valence-electron chi connectivity index (χ3n) is 7.17. The lowest BCUT2D eigenvalue weighted by molar-refractivity contribution is 0.482. The fourth-order valence-corrected chi connectivity index (χ4v) is 11.1. The molecule has 0 radical (unpaired) electrons. The van der Waals surface area contributed by atoms with Gasteiger partial charge in [-0.25, -0.2) is 4.98 Å². The quantitative estimate of drug-likeness (QED) is 0.204. The summed E-state index contributed by atoms with van der Waals surface area (Å²) in [7, 11) is -3.18. The van der Waals surface area contributed by atoms with Crippen LogP contribution < -0.4 is 10.2 Å². The molecule has 204 valence electrons. The number of hydrogen-bond acceptors (Lipinski definition) is 5. The summed E-state index contributed by atoms with van der Waals surface area (Å²) in [5.74, 6) is 0.681. The van der Waals surface area contributed by atoms with Gasteiger partial charge >= 0.3 is 0 Å². The molecule has 6 rings (SSSR count). The largest absolute Gasteiger partial charge is 0.333 e. The molecule has 0 amide bonds. The zero-order valence-electron chi connectivity index (χ0n) is 22.1. The van der Waals surface area contributed by atoms with Crippen LogP contribution in [0.5, 0.6) is 0 Å². The number of thioether (sulfide) groups is 1. The van der Waals surface area contributed by atoms with Crippen molar-refractivity contribution in [2.45, 2.75) is 17.9 Å². The number of rotatable bonds is 8. The Morgan fingerprint density at radius 3 is 2.52 bits per heavy atom. The summed E-state index contributed by atoms with van der Waals surface area (Å²) in [5.41, 5.74) is 5.64. The number of hydrogen-bond donors (Lipinski definition) is 1. The van der Waals surface area contributed by atoms with Crippen LogP contribution in [-0.4, -0.2) is 39.1 Å². The Bertz CT molecular complexity index is 1780. The van der Waals surface area contributed by atoms with Crippen molar-refractivity contribution in [2.24, 2.45) is 7.05 Å². The molecule has 40 heavy (non-hydrogen) atoms. The molecule has 0 saturated heterocycles. The average Bonchev–Trinajstić information content (AvgIpc) is 3.53. The van der Waals surface area contributed by atoms with Crippen LogP contribution >= 0.6 is 19.3 Å². The van der Waals surface area contributed by atoms with Crippen molar-refractivity contribution in [3.05, 3.63) is 120 Å². The molecule has 0 bridgehead atoms. The van der Waals surface area contributed by atoms with Gasteiger partial charge in [-0.1, -0.05) is 86.0 Å². The Kier molecular flexibility index (Phi) is 7.60. The molecule has 9 heteroatoms. The van der Waals surface area contributed by atoms with Gasteiger partial charge in [0.2, 0.25) is 0 Å². The Morgan fingerprint density at radius 1 is 1.00 bits per heavy atom. The van der Waals surface area contributed by atoms with Crippen LogP contribution in [0.15, 0.2) is 108 Å². The molecule has 2 aliphatic heterocycles. The van der Waals surface area contributed by atoms with Crippen LogP contribution in [0.25, 0.3) is 11.3 Å². The van der Waals surface area contributed by atoms with Crippen molar-refractivity contribution < 1.29 is 13.0 Å². The number of aromatic nitrogens is 2. The van der Waals surface area contributed by atoms with Crippen molar-refractivity contribution >= 4 is 56.3 Å². The number of nitrogens with zero attached hydrogens (tertiary/aromatic N) is 3. The van der Waals surface area contributed by atoms with E-state index >= 15 is 0 Å². The first-order chi connectivity index (χ1) is 19.4. The third-order valence-corrected chi connectivity index (χ3v) is 12.8. The van der Waals surface area contributed by atoms with Gasteiger partial charge in [0.25, 0.3) is 10.1 Å². The minimum atomic E-state index is -3.99. The zero-order chi connectivity index (χ0) is 27.7. The molecular formula is C31H30N3O3PS2. The fourth-order valence-electron chi connectivity index (χ4n) is 5.30. The van der Waals surface area contributed by atoms with E-state index in [-0.39, 0.29) is 5.75 Å². The van der Waals surface area contributed by atoms with E-state index in [0.29, 0.717) is 13.0 Å². The first-order valence-electron chi connectivity index (χ1n) is 13.1. The summed E-state index contributed by atoms with van der Waals surface area (Å²) in [6.07, 6.45) is 9.51. The van der Waals surface area contributed by atoms with E-state index in [1.54, 1.807) is 11.8 Å². The summed E-state index contributed by atoms with van der Waals surface area (Å²) in [6, 6.07) is 27.4. The van der Waals surface area contributed by atoms with Gasteiger partial charge in [-0.05, 0) is 53.3 Å². The SMILES string of the molecule is Cn1ccnc1C1=C/C(=C\C2=[PH](CCCS(=O)(=O)O)c3ccccc3S2)c2ccccc2N1Cc1ccccc1. The van der Waals surface area contributed by atoms with E-state index in [1.165, 1.54) is 20.4 Å². The molecule has 0 saturated carbocycles. The predicted octanol–water partition coefficient (Wildman–Crippen LogP) is 5.92. The molecular weight excluding hydrogens is 557 g/mol. The number of aryl methyl sites for hydroxylation is 1. The second-order valence-electron chi connectivity index (χ2n) is 9.91. The van der Waals surface area contributed by atoms with Gasteiger partial charge in [0, 0.05) is 46.8 Å². The molecule has 0 fully saturated rings. The average molecular weight is 588 g/mol. The molecule has 3 aromatic carbocycles. The van der Waals surface area contributed by atoms with E-state index in [2.05, 4.69) is 89.8 Å². The molecule has 6 nitrogen and oxygen atoms in total. The number of fused-ring (bicyclic) bond motifs is 2. The number of benzene rings is 3. The number of allylic oxidation sites excluding steroid dienone is 2. The van der Waals surface area contributed by atoms with Gasteiger partial charge in [-0.15, -0.1) is 0 Å². The van der Waals surface area contributed by atoms with E-state index in [0.717, 1.165) is 34.5 Å². The topological polar surface area (TPSA) is 75.4 Å². The van der Waals surface area contributed by atoms with E-state index < -0.39 is 17.7 Å². The van der Waals surface area contributed by atoms with Gasteiger partial charge in [0.15, 0.2) is 5.82 Å². The first-order valence-corrected chi connectivity index (χ1v) is 17.3. The van der Waals surface area contributed by atoms with Gasteiger partial charge in [-0.2, -0.15) is 8.42 Å². The zero-order valence-corrected chi connectivity index (χ0v) is 24.7. The number of imidazole rings is 1.